The largest absolute Gasteiger partial charge is 0.314 e. The Labute approximate surface area is 133 Å². The molecule has 4 nitrogen and oxygen atoms in total. The lowest BCUT2D eigenvalue weighted by Crippen LogP contribution is -2.48. The molecule has 0 unspecified atom stereocenters. The van der Waals surface area contributed by atoms with Crippen LogP contribution in [-0.4, -0.2) is 50.1 Å². The fourth-order valence-corrected chi connectivity index (χ4v) is 2.26. The summed E-state index contributed by atoms with van der Waals surface area (Å²) in [6.07, 6.45) is 0. The van der Waals surface area contributed by atoms with Crippen LogP contribution in [0, 0.1) is 0 Å². The molecule has 0 saturated carbocycles. The van der Waals surface area contributed by atoms with E-state index >= 15 is 0 Å². The van der Waals surface area contributed by atoms with Gasteiger partial charge >= 0.3 is 0 Å². The van der Waals surface area contributed by atoms with Crippen molar-refractivity contribution in [3.8, 4) is 0 Å². The van der Waals surface area contributed by atoms with Gasteiger partial charge in [-0.3, -0.25) is 9.69 Å². The Morgan fingerprint density at radius 1 is 1.20 bits per heavy atom. The van der Waals surface area contributed by atoms with Crippen molar-refractivity contribution < 1.29 is 4.79 Å². The van der Waals surface area contributed by atoms with Gasteiger partial charge in [0.05, 0.1) is 6.54 Å². The molecule has 0 aromatic heterocycles. The van der Waals surface area contributed by atoms with E-state index in [1.54, 1.807) is 0 Å². The van der Waals surface area contributed by atoms with Gasteiger partial charge in [0, 0.05) is 38.4 Å². The topological polar surface area (TPSA) is 35.6 Å². The van der Waals surface area contributed by atoms with Crippen LogP contribution in [0.1, 0.15) is 6.92 Å². The highest BCUT2D eigenvalue weighted by molar-refractivity contribution is 5.94. The van der Waals surface area contributed by atoms with Crippen LogP contribution in [0.5, 0.6) is 0 Å². The van der Waals surface area contributed by atoms with Gasteiger partial charge in [-0.05, 0) is 19.1 Å². The molecule has 20 heavy (non-hydrogen) atoms. The summed E-state index contributed by atoms with van der Waals surface area (Å²) in [4.78, 5) is 16.4. The van der Waals surface area contributed by atoms with Crippen molar-refractivity contribution in [2.24, 2.45) is 0 Å². The van der Waals surface area contributed by atoms with Crippen LogP contribution in [0.15, 0.2) is 30.3 Å². The number of nitrogens with one attached hydrogen (secondary N) is 1. The highest BCUT2D eigenvalue weighted by Crippen LogP contribution is 2.13. The normalized spacial score (nSPS) is 14.8. The molecule has 1 aromatic rings. The van der Waals surface area contributed by atoms with E-state index in [9.17, 15) is 4.79 Å². The van der Waals surface area contributed by atoms with E-state index in [0.29, 0.717) is 6.54 Å². The lowest BCUT2D eigenvalue weighted by molar-refractivity contribution is -0.119. The van der Waals surface area contributed by atoms with E-state index in [1.807, 2.05) is 42.2 Å². The second-order valence-corrected chi connectivity index (χ2v) is 4.50. The fourth-order valence-electron chi connectivity index (χ4n) is 2.26. The summed E-state index contributed by atoms with van der Waals surface area (Å²) in [7, 11) is 0. The van der Waals surface area contributed by atoms with Gasteiger partial charge in [-0.2, -0.15) is 0 Å². The molecule has 0 bridgehead atoms. The van der Waals surface area contributed by atoms with Gasteiger partial charge in [0.2, 0.25) is 5.91 Å². The number of carbonyl (C=O) groups is 1. The molecular formula is C14H23Cl2N3O. The van der Waals surface area contributed by atoms with Crippen molar-refractivity contribution in [3.05, 3.63) is 30.3 Å². The first-order valence-electron chi connectivity index (χ1n) is 6.59. The highest BCUT2D eigenvalue weighted by Gasteiger charge is 2.18. The maximum Gasteiger partial charge on any atom is 0.241 e. The molecule has 114 valence electrons. The maximum absolute atomic E-state index is 12.3. The van der Waals surface area contributed by atoms with Gasteiger partial charge < -0.3 is 10.2 Å². The third-order valence-electron chi connectivity index (χ3n) is 3.25. The molecule has 1 aliphatic rings. The third-order valence-corrected chi connectivity index (χ3v) is 3.25. The zero-order valence-corrected chi connectivity index (χ0v) is 13.4. The standard InChI is InChI=1S/C14H21N3O.2ClH/c1-2-17(13-6-4-3-5-7-13)14(18)12-16-10-8-15-9-11-16;;/h3-7,15H,2,8-12H2,1H3;2*1H. The number of halogens is 2. The smallest absolute Gasteiger partial charge is 0.241 e. The number of para-hydroxylation sites is 1. The van der Waals surface area contributed by atoms with Crippen molar-refractivity contribution in [1.29, 1.82) is 0 Å². The Balaban J connectivity index is 0.00000180. The van der Waals surface area contributed by atoms with Crippen molar-refractivity contribution in [3.63, 3.8) is 0 Å². The van der Waals surface area contributed by atoms with Crippen molar-refractivity contribution in [2.45, 2.75) is 6.92 Å². The van der Waals surface area contributed by atoms with Gasteiger partial charge in [0.15, 0.2) is 0 Å². The van der Waals surface area contributed by atoms with Crippen LogP contribution in [-0.2, 0) is 4.79 Å². The second kappa shape index (κ2) is 10.00. The van der Waals surface area contributed by atoms with Crippen LogP contribution in [0.2, 0.25) is 0 Å². The molecular weight excluding hydrogens is 297 g/mol. The van der Waals surface area contributed by atoms with E-state index in [-0.39, 0.29) is 30.7 Å². The number of nitrogens with zero attached hydrogens (tertiary/aromatic N) is 2. The summed E-state index contributed by atoms with van der Waals surface area (Å²) < 4.78 is 0. The molecule has 1 aromatic carbocycles. The zero-order chi connectivity index (χ0) is 12.8. The molecule has 0 spiro atoms. The number of rotatable bonds is 4. The SMILES string of the molecule is CCN(C(=O)CN1CCNCC1)c1ccccc1.Cl.Cl. The summed E-state index contributed by atoms with van der Waals surface area (Å²) in [5.74, 6) is 0.186. The first-order chi connectivity index (χ1) is 8.81. The molecule has 1 aliphatic heterocycles. The van der Waals surface area contributed by atoms with Crippen molar-refractivity contribution >= 4 is 36.4 Å². The summed E-state index contributed by atoms with van der Waals surface area (Å²) in [5.41, 5.74) is 0.986. The predicted molar refractivity (Wildman–Crippen MR) is 88.3 cm³/mol. The Bertz CT molecular complexity index is 383. The summed E-state index contributed by atoms with van der Waals surface area (Å²) in [6.45, 7) is 7.12. The van der Waals surface area contributed by atoms with Crippen LogP contribution in [0.4, 0.5) is 5.69 Å². The highest BCUT2D eigenvalue weighted by atomic mass is 35.5. The lowest BCUT2D eigenvalue weighted by Gasteiger charge is -2.29. The van der Waals surface area contributed by atoms with Crippen LogP contribution in [0.3, 0.4) is 0 Å². The van der Waals surface area contributed by atoms with Gasteiger partial charge in [-0.1, -0.05) is 18.2 Å². The van der Waals surface area contributed by atoms with E-state index < -0.39 is 0 Å². The van der Waals surface area contributed by atoms with Crippen molar-refractivity contribution in [2.75, 3.05) is 44.2 Å². The lowest BCUT2D eigenvalue weighted by atomic mass is 10.2. The summed E-state index contributed by atoms with van der Waals surface area (Å²) >= 11 is 0. The maximum atomic E-state index is 12.3. The van der Waals surface area contributed by atoms with Crippen LogP contribution in [0.25, 0.3) is 0 Å². The number of hydrogen-bond donors (Lipinski definition) is 1. The number of anilines is 1. The van der Waals surface area contributed by atoms with Gasteiger partial charge in [-0.15, -0.1) is 24.8 Å². The molecule has 2 rings (SSSR count). The van der Waals surface area contributed by atoms with Crippen LogP contribution < -0.4 is 10.2 Å². The van der Waals surface area contributed by atoms with E-state index in [4.69, 9.17) is 0 Å². The monoisotopic (exact) mass is 319 g/mol. The van der Waals surface area contributed by atoms with E-state index in [0.717, 1.165) is 38.4 Å². The average molecular weight is 320 g/mol. The molecule has 1 amide bonds. The summed E-state index contributed by atoms with van der Waals surface area (Å²) in [6, 6.07) is 9.88. The van der Waals surface area contributed by atoms with Gasteiger partial charge in [0.1, 0.15) is 0 Å². The molecule has 6 heteroatoms. The Morgan fingerprint density at radius 3 is 2.35 bits per heavy atom. The van der Waals surface area contributed by atoms with E-state index in [2.05, 4.69) is 10.2 Å². The molecule has 0 aliphatic carbocycles. The number of carbonyl (C=O) groups excluding carboxylic acids is 1. The predicted octanol–water partition coefficient (Wildman–Crippen LogP) is 1.79. The van der Waals surface area contributed by atoms with Gasteiger partial charge in [-0.25, -0.2) is 0 Å². The molecule has 1 fully saturated rings. The third kappa shape index (κ3) is 5.29. The Kier molecular flexibility index (Phi) is 9.59. The molecule has 1 heterocycles. The number of piperazine rings is 1. The van der Waals surface area contributed by atoms with E-state index in [1.165, 1.54) is 0 Å². The number of amides is 1. The molecule has 1 saturated heterocycles. The number of likely N-dealkylation sites (N-methyl/N-ethyl adjacent to an activating group) is 1. The molecule has 0 radical (unpaired) electrons. The fraction of sp³-hybridized carbons (Fsp3) is 0.500. The molecule has 0 atom stereocenters. The summed E-state index contributed by atoms with van der Waals surface area (Å²) in [5, 5.41) is 3.30. The molecule has 1 N–H and O–H groups in total. The van der Waals surface area contributed by atoms with Crippen LogP contribution >= 0.6 is 24.8 Å². The van der Waals surface area contributed by atoms with Gasteiger partial charge in [0.25, 0.3) is 0 Å². The minimum absolute atomic E-state index is 0. The quantitative estimate of drug-likeness (QED) is 0.919. The first kappa shape index (κ1) is 19.2. The Morgan fingerprint density at radius 2 is 1.80 bits per heavy atom. The number of benzene rings is 1. The van der Waals surface area contributed by atoms with Crippen molar-refractivity contribution in [1.82, 2.24) is 10.2 Å². The average Bonchev–Trinajstić information content (AvgIpc) is 2.42. The minimum Gasteiger partial charge on any atom is -0.314 e. The number of hydrogen-bond acceptors (Lipinski definition) is 3. The minimum atomic E-state index is 0. The zero-order valence-electron chi connectivity index (χ0n) is 11.7. The Hall–Kier alpha value is -0.810. The second-order valence-electron chi connectivity index (χ2n) is 4.50. The first-order valence-corrected chi connectivity index (χ1v) is 6.59.